The maximum absolute atomic E-state index is 12.2. The first kappa shape index (κ1) is 17.9. The molecule has 1 saturated heterocycles. The van der Waals surface area contributed by atoms with Crippen LogP contribution in [-0.2, 0) is 14.3 Å². The molecule has 7 heteroatoms. The van der Waals surface area contributed by atoms with Gasteiger partial charge in [-0.05, 0) is 37.5 Å². The second kappa shape index (κ2) is 8.41. The van der Waals surface area contributed by atoms with Gasteiger partial charge in [-0.15, -0.1) is 0 Å². The highest BCUT2D eigenvalue weighted by Crippen LogP contribution is 2.27. The van der Waals surface area contributed by atoms with E-state index in [1.165, 1.54) is 7.11 Å². The SMILES string of the molecule is COC(=O)C1CCCN1C(=O)CCCOc1ccc(Cl)cc1Cl. The summed E-state index contributed by atoms with van der Waals surface area (Å²) in [7, 11) is 1.34. The highest BCUT2D eigenvalue weighted by Gasteiger charge is 2.34. The zero-order chi connectivity index (χ0) is 16.8. The Hall–Kier alpha value is -1.46. The van der Waals surface area contributed by atoms with Crippen LogP contribution in [0, 0.1) is 0 Å². The zero-order valence-corrected chi connectivity index (χ0v) is 14.4. The van der Waals surface area contributed by atoms with Crippen LogP contribution in [0.4, 0.5) is 0 Å². The van der Waals surface area contributed by atoms with Gasteiger partial charge in [-0.25, -0.2) is 4.79 Å². The molecule has 2 rings (SSSR count). The van der Waals surface area contributed by atoms with Crippen LogP contribution < -0.4 is 4.74 Å². The van der Waals surface area contributed by atoms with E-state index in [1.54, 1.807) is 23.1 Å². The first-order valence-electron chi connectivity index (χ1n) is 7.48. The van der Waals surface area contributed by atoms with Crippen molar-refractivity contribution in [2.75, 3.05) is 20.3 Å². The van der Waals surface area contributed by atoms with Gasteiger partial charge < -0.3 is 14.4 Å². The number of nitrogens with zero attached hydrogens (tertiary/aromatic N) is 1. The molecule has 1 fully saturated rings. The van der Waals surface area contributed by atoms with Crippen LogP contribution in [0.2, 0.25) is 10.0 Å². The number of halogens is 2. The summed E-state index contributed by atoms with van der Waals surface area (Å²) in [5.41, 5.74) is 0. The van der Waals surface area contributed by atoms with Crippen LogP contribution in [0.5, 0.6) is 5.75 Å². The summed E-state index contributed by atoms with van der Waals surface area (Å²) in [4.78, 5) is 25.5. The van der Waals surface area contributed by atoms with Gasteiger partial charge in [0.25, 0.3) is 0 Å². The molecule has 1 unspecified atom stereocenters. The van der Waals surface area contributed by atoms with Gasteiger partial charge >= 0.3 is 5.97 Å². The molecule has 1 atom stereocenters. The maximum Gasteiger partial charge on any atom is 0.328 e. The lowest BCUT2D eigenvalue weighted by Gasteiger charge is -2.22. The normalized spacial score (nSPS) is 17.2. The number of hydrogen-bond donors (Lipinski definition) is 0. The number of esters is 1. The number of methoxy groups -OCH3 is 1. The summed E-state index contributed by atoms with van der Waals surface area (Å²) in [6.45, 7) is 0.965. The Morgan fingerprint density at radius 2 is 2.13 bits per heavy atom. The third kappa shape index (κ3) is 4.75. The molecule has 1 heterocycles. The molecule has 0 bridgehead atoms. The van der Waals surface area contributed by atoms with E-state index in [-0.39, 0.29) is 11.9 Å². The molecule has 1 aromatic carbocycles. The van der Waals surface area contributed by atoms with Gasteiger partial charge in [-0.1, -0.05) is 23.2 Å². The highest BCUT2D eigenvalue weighted by atomic mass is 35.5. The average molecular weight is 360 g/mol. The van der Waals surface area contributed by atoms with Crippen molar-refractivity contribution in [1.82, 2.24) is 4.90 Å². The van der Waals surface area contributed by atoms with E-state index in [9.17, 15) is 9.59 Å². The van der Waals surface area contributed by atoms with Crippen LogP contribution >= 0.6 is 23.2 Å². The Morgan fingerprint density at radius 3 is 2.83 bits per heavy atom. The molecule has 5 nitrogen and oxygen atoms in total. The number of benzene rings is 1. The van der Waals surface area contributed by atoms with Crippen molar-refractivity contribution >= 4 is 35.1 Å². The van der Waals surface area contributed by atoms with Crippen molar-refractivity contribution in [3.05, 3.63) is 28.2 Å². The fraction of sp³-hybridized carbons (Fsp3) is 0.500. The standard InChI is InChI=1S/C16H19Cl2NO4/c1-22-16(21)13-4-2-8-19(13)15(20)5-3-9-23-14-7-6-11(17)10-12(14)18/h6-7,10,13H,2-5,8-9H2,1H3. The highest BCUT2D eigenvalue weighted by molar-refractivity contribution is 6.35. The van der Waals surface area contributed by atoms with Crippen LogP contribution in [0.15, 0.2) is 18.2 Å². The monoisotopic (exact) mass is 359 g/mol. The van der Waals surface area contributed by atoms with E-state index in [0.29, 0.717) is 48.2 Å². The number of ether oxygens (including phenoxy) is 2. The predicted octanol–water partition coefficient (Wildman–Crippen LogP) is 3.32. The molecule has 23 heavy (non-hydrogen) atoms. The van der Waals surface area contributed by atoms with Crippen molar-refractivity contribution < 1.29 is 19.1 Å². The number of carbonyl (C=O) groups is 2. The lowest BCUT2D eigenvalue weighted by atomic mass is 10.2. The quantitative estimate of drug-likeness (QED) is 0.577. The number of likely N-dealkylation sites (tertiary alicyclic amines) is 1. The minimum Gasteiger partial charge on any atom is -0.492 e. The average Bonchev–Trinajstić information content (AvgIpc) is 3.02. The predicted molar refractivity (Wildman–Crippen MR) is 87.9 cm³/mol. The van der Waals surface area contributed by atoms with Crippen molar-refractivity contribution in [1.29, 1.82) is 0 Å². The Bertz CT molecular complexity index is 579. The fourth-order valence-electron chi connectivity index (χ4n) is 2.59. The number of hydrogen-bond acceptors (Lipinski definition) is 4. The lowest BCUT2D eigenvalue weighted by molar-refractivity contribution is -0.151. The van der Waals surface area contributed by atoms with Crippen molar-refractivity contribution in [3.63, 3.8) is 0 Å². The van der Waals surface area contributed by atoms with E-state index < -0.39 is 6.04 Å². The minimum absolute atomic E-state index is 0.0521. The first-order valence-corrected chi connectivity index (χ1v) is 8.23. The summed E-state index contributed by atoms with van der Waals surface area (Å²) >= 11 is 11.8. The van der Waals surface area contributed by atoms with Crippen molar-refractivity contribution in [3.8, 4) is 5.75 Å². The molecule has 0 spiro atoms. The van der Waals surface area contributed by atoms with Crippen LogP contribution in [0.25, 0.3) is 0 Å². The molecule has 1 amide bonds. The summed E-state index contributed by atoms with van der Waals surface area (Å²) in [6, 6.07) is 4.55. The molecule has 0 radical (unpaired) electrons. The molecule has 0 saturated carbocycles. The molecule has 126 valence electrons. The van der Waals surface area contributed by atoms with Crippen LogP contribution in [0.1, 0.15) is 25.7 Å². The number of rotatable bonds is 6. The number of carbonyl (C=O) groups excluding carboxylic acids is 2. The molecule has 1 aromatic rings. The van der Waals surface area contributed by atoms with E-state index in [4.69, 9.17) is 32.7 Å². The van der Waals surface area contributed by atoms with Gasteiger partial charge in [0.1, 0.15) is 11.8 Å². The third-order valence-electron chi connectivity index (χ3n) is 3.73. The van der Waals surface area contributed by atoms with Crippen molar-refractivity contribution in [2.45, 2.75) is 31.7 Å². The molecule has 1 aliphatic heterocycles. The van der Waals surface area contributed by atoms with Crippen LogP contribution in [0.3, 0.4) is 0 Å². The Kier molecular flexibility index (Phi) is 6.54. The smallest absolute Gasteiger partial charge is 0.328 e. The Balaban J connectivity index is 1.77. The molecule has 0 N–H and O–H groups in total. The summed E-state index contributed by atoms with van der Waals surface area (Å²) < 4.78 is 10.3. The van der Waals surface area contributed by atoms with Gasteiger partial charge in [0.2, 0.25) is 5.91 Å². The molecule has 0 aliphatic carbocycles. The summed E-state index contributed by atoms with van der Waals surface area (Å²) in [5, 5.41) is 0.981. The maximum atomic E-state index is 12.2. The molecule has 1 aliphatic rings. The van der Waals surface area contributed by atoms with Gasteiger partial charge in [0.05, 0.1) is 18.7 Å². The van der Waals surface area contributed by atoms with Gasteiger partial charge in [-0.3, -0.25) is 4.79 Å². The minimum atomic E-state index is -0.445. The lowest BCUT2D eigenvalue weighted by Crippen LogP contribution is -2.41. The summed E-state index contributed by atoms with van der Waals surface area (Å²) in [5.74, 6) is 0.140. The summed E-state index contributed by atoms with van der Waals surface area (Å²) in [6.07, 6.45) is 2.35. The van der Waals surface area contributed by atoms with Gasteiger partial charge in [-0.2, -0.15) is 0 Å². The second-order valence-electron chi connectivity index (χ2n) is 5.30. The largest absolute Gasteiger partial charge is 0.492 e. The molecular formula is C16H19Cl2NO4. The van der Waals surface area contributed by atoms with E-state index in [1.807, 2.05) is 0 Å². The zero-order valence-electron chi connectivity index (χ0n) is 12.9. The fourth-order valence-corrected chi connectivity index (χ4v) is 3.05. The Labute approximate surface area is 145 Å². The molecule has 0 aromatic heterocycles. The number of amides is 1. The van der Waals surface area contributed by atoms with E-state index >= 15 is 0 Å². The van der Waals surface area contributed by atoms with E-state index in [2.05, 4.69) is 0 Å². The van der Waals surface area contributed by atoms with Gasteiger partial charge in [0.15, 0.2) is 0 Å². The third-order valence-corrected chi connectivity index (χ3v) is 4.26. The topological polar surface area (TPSA) is 55.8 Å². The van der Waals surface area contributed by atoms with E-state index in [0.717, 1.165) is 6.42 Å². The second-order valence-corrected chi connectivity index (χ2v) is 6.14. The molecular weight excluding hydrogens is 341 g/mol. The van der Waals surface area contributed by atoms with Crippen molar-refractivity contribution in [2.24, 2.45) is 0 Å². The Morgan fingerprint density at radius 1 is 1.35 bits per heavy atom. The van der Waals surface area contributed by atoms with Crippen LogP contribution in [-0.4, -0.2) is 43.1 Å². The first-order chi connectivity index (χ1) is 11.0. The van der Waals surface area contributed by atoms with Gasteiger partial charge in [0, 0.05) is 18.0 Å².